The number of rotatable bonds is 5. The quantitative estimate of drug-likeness (QED) is 0.674. The van der Waals surface area contributed by atoms with E-state index in [1.54, 1.807) is 0 Å². The van der Waals surface area contributed by atoms with Gasteiger partial charge < -0.3 is 19.5 Å². The van der Waals surface area contributed by atoms with Crippen LogP contribution in [0.25, 0.3) is 10.9 Å². The lowest BCUT2D eigenvalue weighted by Crippen LogP contribution is -2.13. The minimum atomic E-state index is -4.48. The first-order chi connectivity index (χ1) is 13.8. The van der Waals surface area contributed by atoms with Crippen LogP contribution in [-0.2, 0) is 6.18 Å². The summed E-state index contributed by atoms with van der Waals surface area (Å²) < 4.78 is 54.5. The fraction of sp³-hybridized carbons (Fsp3) is 0.200. The van der Waals surface area contributed by atoms with Crippen LogP contribution in [0, 0.1) is 0 Å². The minimum Gasteiger partial charge on any atom is -0.493 e. The first-order valence-corrected chi connectivity index (χ1v) is 8.35. The molecule has 0 bridgehead atoms. The number of nitrogens with zero attached hydrogens (tertiary/aromatic N) is 1. The predicted octanol–water partition coefficient (Wildman–Crippen LogP) is 4.53. The molecule has 0 saturated carbocycles. The Morgan fingerprint density at radius 3 is 2.17 bits per heavy atom. The van der Waals surface area contributed by atoms with Gasteiger partial charge in [-0.1, -0.05) is 6.07 Å². The first-order valence-electron chi connectivity index (χ1n) is 8.35. The number of hydrogen-bond donors (Lipinski definition) is 1. The molecule has 0 saturated heterocycles. The molecule has 0 aliphatic rings. The van der Waals surface area contributed by atoms with Gasteiger partial charge >= 0.3 is 6.18 Å². The van der Waals surface area contributed by atoms with E-state index < -0.39 is 17.6 Å². The summed E-state index contributed by atoms with van der Waals surface area (Å²) in [6.07, 6.45) is -3.15. The van der Waals surface area contributed by atoms with Crippen molar-refractivity contribution in [1.29, 1.82) is 0 Å². The Kier molecular flexibility index (Phi) is 5.49. The van der Waals surface area contributed by atoms with Gasteiger partial charge in [-0.2, -0.15) is 13.2 Å². The zero-order valence-electron chi connectivity index (χ0n) is 15.8. The van der Waals surface area contributed by atoms with E-state index in [0.29, 0.717) is 28.3 Å². The highest BCUT2D eigenvalue weighted by atomic mass is 19.4. The Hall–Kier alpha value is -3.49. The number of carbonyl (C=O) groups is 1. The molecule has 0 atom stereocenters. The number of nitrogens with one attached hydrogen (secondary N) is 1. The molecule has 0 unspecified atom stereocenters. The van der Waals surface area contributed by atoms with E-state index in [0.717, 1.165) is 12.1 Å². The number of fused-ring (bicyclic) bond motifs is 1. The lowest BCUT2D eigenvalue weighted by Gasteiger charge is -2.15. The average molecular weight is 406 g/mol. The second-order valence-corrected chi connectivity index (χ2v) is 5.96. The summed E-state index contributed by atoms with van der Waals surface area (Å²) in [4.78, 5) is 16.7. The summed E-state index contributed by atoms with van der Waals surface area (Å²) in [5, 5.41) is 3.06. The van der Waals surface area contributed by atoms with Gasteiger partial charge in [0.05, 0.1) is 38.1 Å². The highest BCUT2D eigenvalue weighted by Gasteiger charge is 2.30. The molecule has 1 aromatic heterocycles. The molecule has 29 heavy (non-hydrogen) atoms. The topological polar surface area (TPSA) is 69.7 Å². The maximum atomic E-state index is 12.9. The number of benzene rings is 2. The van der Waals surface area contributed by atoms with E-state index in [2.05, 4.69) is 10.3 Å². The fourth-order valence-electron chi connectivity index (χ4n) is 2.84. The molecule has 6 nitrogen and oxygen atoms in total. The van der Waals surface area contributed by atoms with Gasteiger partial charge in [-0.3, -0.25) is 9.78 Å². The summed E-state index contributed by atoms with van der Waals surface area (Å²) in [6, 6.07) is 7.61. The maximum Gasteiger partial charge on any atom is 0.416 e. The molecule has 0 aliphatic carbocycles. The standard InChI is InChI=1S/C20H17F3N2O4/c1-27-16-8-11(9-17(28-2)18(16)29-3)19(26)25-14-6-7-24-15-10-12(20(21,22)23)4-5-13(14)15/h4-10H,1-3H3,(H,24,25,26). The van der Waals surface area contributed by atoms with Crippen molar-refractivity contribution in [2.45, 2.75) is 6.18 Å². The molecule has 0 fully saturated rings. The number of amides is 1. The van der Waals surface area contributed by atoms with Gasteiger partial charge in [0, 0.05) is 17.1 Å². The second-order valence-electron chi connectivity index (χ2n) is 5.96. The maximum absolute atomic E-state index is 12.9. The largest absolute Gasteiger partial charge is 0.493 e. The van der Waals surface area contributed by atoms with E-state index in [1.165, 1.54) is 51.8 Å². The van der Waals surface area contributed by atoms with Crippen molar-refractivity contribution in [3.05, 3.63) is 53.7 Å². The van der Waals surface area contributed by atoms with Crippen LogP contribution in [0.3, 0.4) is 0 Å². The highest BCUT2D eigenvalue weighted by molar-refractivity contribution is 6.09. The fourth-order valence-corrected chi connectivity index (χ4v) is 2.84. The Morgan fingerprint density at radius 1 is 0.966 bits per heavy atom. The monoisotopic (exact) mass is 406 g/mol. The summed E-state index contributed by atoms with van der Waals surface area (Å²) in [5.41, 5.74) is -0.160. The number of anilines is 1. The van der Waals surface area contributed by atoms with E-state index >= 15 is 0 Å². The van der Waals surface area contributed by atoms with E-state index in [1.807, 2.05) is 0 Å². The van der Waals surface area contributed by atoms with Crippen molar-refractivity contribution in [2.75, 3.05) is 26.6 Å². The van der Waals surface area contributed by atoms with Crippen molar-refractivity contribution in [2.24, 2.45) is 0 Å². The van der Waals surface area contributed by atoms with Gasteiger partial charge in [0.2, 0.25) is 5.75 Å². The van der Waals surface area contributed by atoms with Gasteiger partial charge in [-0.25, -0.2) is 0 Å². The molecule has 3 rings (SSSR count). The van der Waals surface area contributed by atoms with Crippen molar-refractivity contribution in [3.63, 3.8) is 0 Å². The third-order valence-electron chi connectivity index (χ3n) is 4.25. The zero-order chi connectivity index (χ0) is 21.2. The smallest absolute Gasteiger partial charge is 0.416 e. The highest BCUT2D eigenvalue weighted by Crippen LogP contribution is 2.38. The Bertz CT molecular complexity index is 1040. The van der Waals surface area contributed by atoms with Crippen molar-refractivity contribution >= 4 is 22.5 Å². The average Bonchev–Trinajstić information content (AvgIpc) is 2.71. The van der Waals surface area contributed by atoms with Crippen LogP contribution in [0.15, 0.2) is 42.6 Å². The number of aromatic nitrogens is 1. The van der Waals surface area contributed by atoms with Crippen LogP contribution in [0.2, 0.25) is 0 Å². The van der Waals surface area contributed by atoms with Crippen LogP contribution < -0.4 is 19.5 Å². The Morgan fingerprint density at radius 2 is 1.62 bits per heavy atom. The first kappa shape index (κ1) is 20.2. The van der Waals surface area contributed by atoms with Gasteiger partial charge in [-0.05, 0) is 30.3 Å². The molecule has 0 aliphatic heterocycles. The molecule has 3 aromatic rings. The normalized spacial score (nSPS) is 11.2. The van der Waals surface area contributed by atoms with Crippen molar-refractivity contribution in [3.8, 4) is 17.2 Å². The van der Waals surface area contributed by atoms with Gasteiger partial charge in [-0.15, -0.1) is 0 Å². The molecular formula is C20H17F3N2O4. The van der Waals surface area contributed by atoms with E-state index in [4.69, 9.17) is 14.2 Å². The minimum absolute atomic E-state index is 0.113. The Labute approximate surface area is 164 Å². The number of carbonyl (C=O) groups excluding carboxylic acids is 1. The van der Waals surface area contributed by atoms with Crippen LogP contribution in [-0.4, -0.2) is 32.2 Å². The van der Waals surface area contributed by atoms with Gasteiger partial charge in [0.25, 0.3) is 5.91 Å². The molecule has 9 heteroatoms. The SMILES string of the molecule is COc1cc(C(=O)Nc2ccnc3cc(C(F)(F)F)ccc23)cc(OC)c1OC. The molecule has 1 heterocycles. The van der Waals surface area contributed by atoms with Crippen LogP contribution in [0.4, 0.5) is 18.9 Å². The predicted molar refractivity (Wildman–Crippen MR) is 101 cm³/mol. The lowest BCUT2D eigenvalue weighted by molar-refractivity contribution is -0.137. The molecule has 152 valence electrons. The van der Waals surface area contributed by atoms with E-state index in [9.17, 15) is 18.0 Å². The summed E-state index contributed by atoms with van der Waals surface area (Å²) >= 11 is 0. The summed E-state index contributed by atoms with van der Waals surface area (Å²) in [7, 11) is 4.29. The van der Waals surface area contributed by atoms with Crippen molar-refractivity contribution < 1.29 is 32.2 Å². The molecular weight excluding hydrogens is 389 g/mol. The molecule has 1 amide bonds. The number of halogens is 3. The molecule has 1 N–H and O–H groups in total. The van der Waals surface area contributed by atoms with Crippen molar-refractivity contribution in [1.82, 2.24) is 4.98 Å². The van der Waals surface area contributed by atoms with Crippen LogP contribution in [0.5, 0.6) is 17.2 Å². The molecule has 2 aromatic carbocycles. The van der Waals surface area contributed by atoms with Crippen LogP contribution in [0.1, 0.15) is 15.9 Å². The van der Waals surface area contributed by atoms with Gasteiger partial charge in [0.1, 0.15) is 0 Å². The van der Waals surface area contributed by atoms with E-state index in [-0.39, 0.29) is 11.1 Å². The molecule has 0 radical (unpaired) electrons. The Balaban J connectivity index is 1.98. The lowest BCUT2D eigenvalue weighted by atomic mass is 10.1. The number of alkyl halides is 3. The number of ether oxygens (including phenoxy) is 3. The number of hydrogen-bond acceptors (Lipinski definition) is 5. The second kappa shape index (κ2) is 7.86. The summed E-state index contributed by atoms with van der Waals surface area (Å²) in [6.45, 7) is 0. The third-order valence-corrected chi connectivity index (χ3v) is 4.25. The van der Waals surface area contributed by atoms with Gasteiger partial charge in [0.15, 0.2) is 11.5 Å². The van der Waals surface area contributed by atoms with Crippen LogP contribution >= 0.6 is 0 Å². The third kappa shape index (κ3) is 4.03. The zero-order valence-corrected chi connectivity index (χ0v) is 15.8. The summed E-state index contributed by atoms with van der Waals surface area (Å²) in [5.74, 6) is 0.426. The molecule has 0 spiro atoms. The number of pyridine rings is 1. The number of methoxy groups -OCH3 is 3.